The van der Waals surface area contributed by atoms with E-state index in [0.717, 1.165) is 42.6 Å². The molecule has 1 aliphatic rings. The average molecular weight is 437 g/mol. The summed E-state index contributed by atoms with van der Waals surface area (Å²) < 4.78 is 1.89. The van der Waals surface area contributed by atoms with Crippen molar-refractivity contribution in [2.45, 2.75) is 14.9 Å². The van der Waals surface area contributed by atoms with Crippen molar-refractivity contribution in [2.24, 2.45) is 17.0 Å². The predicted octanol–water partition coefficient (Wildman–Crippen LogP) is 3.51. The first-order valence-electron chi connectivity index (χ1n) is 9.05. The van der Waals surface area contributed by atoms with Crippen molar-refractivity contribution in [1.82, 2.24) is 30.2 Å². The normalized spacial score (nSPS) is 15.8. The molecule has 0 spiro atoms. The van der Waals surface area contributed by atoms with E-state index in [2.05, 4.69) is 43.2 Å². The number of amidine groups is 2. The van der Waals surface area contributed by atoms with Gasteiger partial charge < -0.3 is 4.57 Å². The predicted molar refractivity (Wildman–Crippen MR) is 123 cm³/mol. The molecule has 1 N–H and O–H groups in total. The monoisotopic (exact) mass is 436 g/mol. The number of fused-ring (bicyclic) bond motifs is 1. The number of allylic oxidation sites excluding steroid dienone is 1. The Kier molecular flexibility index (Phi) is 5.86. The Bertz CT molecular complexity index is 1190. The fraction of sp³-hybridized carbons (Fsp3) is 0.150. The summed E-state index contributed by atoms with van der Waals surface area (Å²) >= 11 is 3.10. The van der Waals surface area contributed by atoms with Crippen LogP contribution < -0.4 is 5.43 Å². The van der Waals surface area contributed by atoms with Crippen LogP contribution in [0, 0.1) is 0 Å². The number of aliphatic imine (C=N–C) groups is 2. The third-order valence-corrected chi connectivity index (χ3v) is 6.49. The van der Waals surface area contributed by atoms with Crippen LogP contribution in [0.2, 0.25) is 0 Å². The Morgan fingerprint density at radius 2 is 2.07 bits per heavy atom. The lowest BCUT2D eigenvalue weighted by atomic mass is 10.2. The molecule has 0 radical (unpaired) electrons. The molecule has 1 aromatic carbocycles. The summed E-state index contributed by atoms with van der Waals surface area (Å²) in [6.07, 6.45) is 7.29. The summed E-state index contributed by atoms with van der Waals surface area (Å²) in [5.41, 5.74) is 4.93. The molecule has 0 saturated carbocycles. The summed E-state index contributed by atoms with van der Waals surface area (Å²) in [6, 6.07) is 8.17. The average Bonchev–Trinajstić information content (AvgIpc) is 3.17. The van der Waals surface area contributed by atoms with Gasteiger partial charge >= 0.3 is 0 Å². The van der Waals surface area contributed by atoms with E-state index in [1.54, 1.807) is 32.2 Å². The number of pyridine rings is 1. The minimum Gasteiger partial charge on any atom is -0.311 e. The van der Waals surface area contributed by atoms with Crippen LogP contribution in [0.3, 0.4) is 0 Å². The zero-order valence-electron chi connectivity index (χ0n) is 16.8. The van der Waals surface area contributed by atoms with Crippen LogP contribution in [0.25, 0.3) is 10.9 Å². The molecule has 4 rings (SSSR count). The molecular weight excluding hydrogens is 416 g/mol. The van der Waals surface area contributed by atoms with Crippen molar-refractivity contribution in [3.8, 4) is 0 Å². The largest absolute Gasteiger partial charge is 0.311 e. The Morgan fingerprint density at radius 3 is 2.80 bits per heavy atom. The number of aryl methyl sites for hydroxylation is 1. The van der Waals surface area contributed by atoms with Gasteiger partial charge in [0.05, 0.1) is 11.2 Å². The second kappa shape index (κ2) is 8.72. The molecule has 0 aliphatic carbocycles. The number of nitrogens with one attached hydrogen (secondary N) is 1. The lowest BCUT2D eigenvalue weighted by Gasteiger charge is -2.29. The summed E-state index contributed by atoms with van der Waals surface area (Å²) in [5.74, 6) is 0.745. The van der Waals surface area contributed by atoms with Gasteiger partial charge in [-0.2, -0.15) is 0 Å². The van der Waals surface area contributed by atoms with Crippen LogP contribution in [0.4, 0.5) is 0 Å². The number of thioether (sulfide) groups is 1. The first-order valence-corrected chi connectivity index (χ1v) is 10.7. The quantitative estimate of drug-likeness (QED) is 0.382. The van der Waals surface area contributed by atoms with Gasteiger partial charge in [0.25, 0.3) is 0 Å². The number of aromatic nitrogens is 4. The highest BCUT2D eigenvalue weighted by Crippen LogP contribution is 2.34. The van der Waals surface area contributed by atoms with E-state index < -0.39 is 0 Å². The lowest BCUT2D eigenvalue weighted by molar-refractivity contribution is 0.483. The second-order valence-corrected chi connectivity index (χ2v) is 8.35. The van der Waals surface area contributed by atoms with Gasteiger partial charge in [0.1, 0.15) is 12.2 Å². The summed E-state index contributed by atoms with van der Waals surface area (Å²) in [7, 11) is 5.43. The molecule has 1 aliphatic heterocycles. The van der Waals surface area contributed by atoms with Gasteiger partial charge in [-0.25, -0.2) is 5.01 Å². The van der Waals surface area contributed by atoms with Gasteiger partial charge in [-0.3, -0.25) is 20.4 Å². The Morgan fingerprint density at radius 1 is 1.20 bits per heavy atom. The van der Waals surface area contributed by atoms with Gasteiger partial charge in [-0.05, 0) is 48.2 Å². The molecule has 2 aromatic heterocycles. The maximum atomic E-state index is 4.50. The first-order chi connectivity index (χ1) is 14.6. The number of hydrogen-bond acceptors (Lipinski definition) is 7. The third kappa shape index (κ3) is 4.10. The molecule has 3 aromatic rings. The smallest absolute Gasteiger partial charge is 0.195 e. The van der Waals surface area contributed by atoms with Crippen molar-refractivity contribution in [3.05, 3.63) is 61.2 Å². The molecule has 0 atom stereocenters. The van der Waals surface area contributed by atoms with E-state index in [-0.39, 0.29) is 0 Å². The van der Waals surface area contributed by atoms with Gasteiger partial charge in [0.15, 0.2) is 10.3 Å². The molecule has 30 heavy (non-hydrogen) atoms. The summed E-state index contributed by atoms with van der Waals surface area (Å²) in [4.78, 5) is 15.3. The highest BCUT2D eigenvalue weighted by atomic mass is 32.2. The number of benzene rings is 1. The molecule has 3 heterocycles. The van der Waals surface area contributed by atoms with Gasteiger partial charge in [0.2, 0.25) is 0 Å². The van der Waals surface area contributed by atoms with Crippen LogP contribution in [0.15, 0.2) is 86.1 Å². The highest BCUT2D eigenvalue weighted by Gasteiger charge is 2.19. The van der Waals surface area contributed by atoms with E-state index in [9.17, 15) is 0 Å². The van der Waals surface area contributed by atoms with Crippen molar-refractivity contribution < 1.29 is 0 Å². The molecule has 0 saturated heterocycles. The first kappa shape index (κ1) is 20.2. The topological polar surface area (TPSA) is 83.6 Å². The van der Waals surface area contributed by atoms with E-state index in [1.165, 1.54) is 11.8 Å². The molecule has 0 amide bonds. The fourth-order valence-electron chi connectivity index (χ4n) is 2.78. The van der Waals surface area contributed by atoms with Crippen LogP contribution in [-0.4, -0.2) is 49.9 Å². The highest BCUT2D eigenvalue weighted by molar-refractivity contribution is 8.13. The summed E-state index contributed by atoms with van der Waals surface area (Å²) in [5, 5.41) is 12.6. The number of nitrogens with zero attached hydrogens (tertiary/aromatic N) is 7. The van der Waals surface area contributed by atoms with Crippen LogP contribution in [0.1, 0.15) is 0 Å². The van der Waals surface area contributed by atoms with Gasteiger partial charge in [-0.1, -0.05) is 18.3 Å². The van der Waals surface area contributed by atoms with Gasteiger partial charge in [0, 0.05) is 42.5 Å². The number of rotatable bonds is 3. The minimum atomic E-state index is 0.745. The summed E-state index contributed by atoms with van der Waals surface area (Å²) in [6.45, 7) is 4.09. The van der Waals surface area contributed by atoms with E-state index in [4.69, 9.17) is 0 Å². The van der Waals surface area contributed by atoms with E-state index in [1.807, 2.05) is 53.2 Å². The van der Waals surface area contributed by atoms with E-state index in [0.29, 0.717) is 0 Å². The Hall–Kier alpha value is -3.11. The lowest BCUT2D eigenvalue weighted by Crippen LogP contribution is -2.45. The fourth-order valence-corrected chi connectivity index (χ4v) is 4.53. The van der Waals surface area contributed by atoms with Crippen molar-refractivity contribution in [2.75, 3.05) is 14.1 Å². The minimum absolute atomic E-state index is 0.745. The molecule has 0 unspecified atom stereocenters. The van der Waals surface area contributed by atoms with Crippen LogP contribution >= 0.6 is 23.5 Å². The SMILES string of the molecule is C=C1C=CC(=NC)NN1C(=NC)Sc1ccc2nccc(Sc3nncn3C)c2c1. The van der Waals surface area contributed by atoms with Crippen LogP contribution in [-0.2, 0) is 7.05 Å². The number of hydrazine groups is 1. The standard InChI is InChI=1S/C20H20N8S2/c1-13-5-8-18(21-2)26-28(13)19(22-3)29-14-6-7-16-15(11-14)17(9-10-23-16)30-20-25-24-12-27(20)4/h5-12H,1H2,2-4H3,(H,21,26). The molecule has 0 fully saturated rings. The zero-order chi connectivity index (χ0) is 21.1. The van der Waals surface area contributed by atoms with Crippen LogP contribution in [0.5, 0.6) is 0 Å². The van der Waals surface area contributed by atoms with Crippen molar-refractivity contribution >= 4 is 45.4 Å². The van der Waals surface area contributed by atoms with Crippen molar-refractivity contribution in [3.63, 3.8) is 0 Å². The third-order valence-electron chi connectivity index (χ3n) is 4.32. The Labute approximate surface area is 182 Å². The molecule has 8 nitrogen and oxygen atoms in total. The molecular formula is C20H20N8S2. The van der Waals surface area contributed by atoms with E-state index >= 15 is 0 Å². The molecule has 152 valence electrons. The Balaban J connectivity index is 1.64. The van der Waals surface area contributed by atoms with Gasteiger partial charge in [-0.15, -0.1) is 10.2 Å². The maximum absolute atomic E-state index is 4.50. The number of hydrogen-bond donors (Lipinski definition) is 1. The van der Waals surface area contributed by atoms with Crippen molar-refractivity contribution in [1.29, 1.82) is 0 Å². The molecule has 0 bridgehead atoms. The molecule has 10 heteroatoms. The zero-order valence-corrected chi connectivity index (χ0v) is 18.4. The second-order valence-electron chi connectivity index (χ2n) is 6.30. The maximum Gasteiger partial charge on any atom is 0.195 e.